The van der Waals surface area contributed by atoms with Crippen molar-refractivity contribution in [2.24, 2.45) is 5.92 Å². The van der Waals surface area contributed by atoms with E-state index in [-0.39, 0.29) is 0 Å². The lowest BCUT2D eigenvalue weighted by atomic mass is 10.3. The van der Waals surface area contributed by atoms with Crippen LogP contribution in [0.1, 0.15) is 53.4 Å². The molecule has 0 amide bonds. The van der Waals surface area contributed by atoms with E-state index >= 15 is 0 Å². The molecule has 0 spiro atoms. The summed E-state index contributed by atoms with van der Waals surface area (Å²) in [7, 11) is 1.47. The molecule has 0 aromatic rings. The highest BCUT2D eigenvalue weighted by Gasteiger charge is 2.43. The second-order valence-corrected chi connectivity index (χ2v) is 8.70. The van der Waals surface area contributed by atoms with Crippen molar-refractivity contribution in [1.82, 2.24) is 4.57 Å². The highest BCUT2D eigenvalue weighted by molar-refractivity contribution is 6.64. The molecule has 0 unspecified atom stereocenters. The lowest BCUT2D eigenvalue weighted by Crippen LogP contribution is -2.58. The summed E-state index contributed by atoms with van der Waals surface area (Å²) in [5, 5.41) is 0. The quantitative estimate of drug-likeness (QED) is 0.536. The molecule has 0 aromatic heterocycles. The van der Waals surface area contributed by atoms with Crippen molar-refractivity contribution < 1.29 is 8.85 Å². The molecule has 0 bridgehead atoms. The average molecular weight is 276 g/mol. The number of hydrogen-bond acceptors (Lipinski definition) is 3. The van der Waals surface area contributed by atoms with Crippen molar-refractivity contribution >= 4 is 8.72 Å². The summed E-state index contributed by atoms with van der Waals surface area (Å²) in [6, 6.07) is 1.05. The van der Waals surface area contributed by atoms with Gasteiger partial charge in [0.15, 0.2) is 0 Å². The minimum atomic E-state index is -2.18. The van der Waals surface area contributed by atoms with Crippen molar-refractivity contribution in [3.63, 3.8) is 0 Å². The van der Waals surface area contributed by atoms with Gasteiger partial charge < -0.3 is 8.85 Å². The lowest BCUT2D eigenvalue weighted by Gasteiger charge is -2.39. The summed E-state index contributed by atoms with van der Waals surface area (Å²) in [6.45, 7) is 11.2. The van der Waals surface area contributed by atoms with Crippen LogP contribution in [-0.2, 0) is 8.85 Å². The summed E-state index contributed by atoms with van der Waals surface area (Å²) in [5.41, 5.74) is 0. The number of unbranched alkanes of at least 4 members (excludes halogenated alkanes) is 2. The van der Waals surface area contributed by atoms with Crippen LogP contribution in [0.25, 0.3) is 0 Å². The Morgan fingerprint density at radius 2 is 1.39 bits per heavy atom. The first-order valence-electron chi connectivity index (χ1n) is 7.41. The van der Waals surface area contributed by atoms with Crippen molar-refractivity contribution in [1.29, 1.82) is 0 Å². The molecule has 0 N–H and O–H groups in total. The van der Waals surface area contributed by atoms with Crippen molar-refractivity contribution in [3.05, 3.63) is 0 Å². The fourth-order valence-corrected chi connectivity index (χ4v) is 5.61. The molecular weight excluding hydrogens is 242 g/mol. The second kappa shape index (κ2) is 9.95. The molecular formula is C14H33NO2Si. The molecule has 0 saturated carbocycles. The first-order chi connectivity index (χ1) is 8.56. The van der Waals surface area contributed by atoms with E-state index < -0.39 is 8.72 Å². The Labute approximate surface area is 115 Å². The minimum absolute atomic E-state index is 0.613. The minimum Gasteiger partial charge on any atom is -0.386 e. The number of nitrogens with zero attached hydrogens (tertiary/aromatic N) is 1. The molecule has 0 saturated heterocycles. The van der Waals surface area contributed by atoms with E-state index in [0.717, 1.165) is 19.1 Å². The maximum atomic E-state index is 5.90. The van der Waals surface area contributed by atoms with Gasteiger partial charge in [0.05, 0.1) is 0 Å². The van der Waals surface area contributed by atoms with E-state index in [9.17, 15) is 0 Å². The highest BCUT2D eigenvalue weighted by Crippen LogP contribution is 2.23. The van der Waals surface area contributed by atoms with Crippen LogP contribution >= 0.6 is 0 Å². The first kappa shape index (κ1) is 18.1. The molecule has 0 rings (SSSR count). The molecule has 18 heavy (non-hydrogen) atoms. The number of rotatable bonds is 11. The summed E-state index contributed by atoms with van der Waals surface area (Å²) >= 11 is 0. The van der Waals surface area contributed by atoms with Gasteiger partial charge in [0, 0.05) is 20.3 Å². The van der Waals surface area contributed by atoms with Crippen LogP contribution in [0.15, 0.2) is 0 Å². The molecule has 0 atom stereocenters. The molecule has 0 aliphatic carbocycles. The third-order valence-corrected chi connectivity index (χ3v) is 7.37. The van der Waals surface area contributed by atoms with E-state index in [1.54, 1.807) is 0 Å². The van der Waals surface area contributed by atoms with Crippen LogP contribution in [0, 0.1) is 5.92 Å². The first-order valence-corrected chi connectivity index (χ1v) is 9.38. The van der Waals surface area contributed by atoms with Crippen LogP contribution in [0.3, 0.4) is 0 Å². The fourth-order valence-electron chi connectivity index (χ4n) is 2.30. The van der Waals surface area contributed by atoms with Gasteiger partial charge in [-0.15, -0.1) is 0 Å². The molecule has 0 aliphatic rings. The van der Waals surface area contributed by atoms with Crippen LogP contribution in [0.2, 0.25) is 6.04 Å². The fraction of sp³-hybridized carbons (Fsp3) is 1.00. The third kappa shape index (κ3) is 5.82. The molecule has 0 fully saturated rings. The average Bonchev–Trinajstić information content (AvgIpc) is 2.36. The summed E-state index contributed by atoms with van der Waals surface area (Å²) in [5.74, 6) is 0.613. The molecule has 0 aliphatic heterocycles. The van der Waals surface area contributed by atoms with Gasteiger partial charge in [-0.2, -0.15) is 0 Å². The maximum Gasteiger partial charge on any atom is 0.427 e. The Morgan fingerprint density at radius 3 is 1.67 bits per heavy atom. The van der Waals surface area contributed by atoms with Crippen LogP contribution < -0.4 is 0 Å². The van der Waals surface area contributed by atoms with Gasteiger partial charge in [-0.1, -0.05) is 40.5 Å². The van der Waals surface area contributed by atoms with Crippen molar-refractivity contribution in [2.45, 2.75) is 59.4 Å². The monoisotopic (exact) mass is 275 g/mol. The van der Waals surface area contributed by atoms with Crippen molar-refractivity contribution in [3.8, 4) is 0 Å². The van der Waals surface area contributed by atoms with Crippen LogP contribution in [-0.4, -0.2) is 40.6 Å². The van der Waals surface area contributed by atoms with Gasteiger partial charge in [-0.05, 0) is 31.8 Å². The predicted octanol–water partition coefficient (Wildman–Crippen LogP) is 3.78. The van der Waals surface area contributed by atoms with Crippen molar-refractivity contribution in [2.75, 3.05) is 27.3 Å². The Bertz CT molecular complexity index is 188. The summed E-state index contributed by atoms with van der Waals surface area (Å²) in [4.78, 5) is 0. The highest BCUT2D eigenvalue weighted by atomic mass is 28.4. The SMILES string of the molecule is CCCCN(CCCC)[Si](CC(C)C)(OC)OC. The van der Waals surface area contributed by atoms with E-state index in [0.29, 0.717) is 5.92 Å². The van der Waals surface area contributed by atoms with Gasteiger partial charge in [0.1, 0.15) is 0 Å². The maximum absolute atomic E-state index is 5.90. The van der Waals surface area contributed by atoms with Gasteiger partial charge in [-0.25, -0.2) is 0 Å². The molecule has 110 valence electrons. The molecule has 0 heterocycles. The van der Waals surface area contributed by atoms with E-state index in [2.05, 4.69) is 32.3 Å². The molecule has 0 aromatic carbocycles. The molecule has 4 heteroatoms. The van der Waals surface area contributed by atoms with E-state index in [4.69, 9.17) is 8.85 Å². The van der Waals surface area contributed by atoms with Crippen LogP contribution in [0.5, 0.6) is 0 Å². The second-order valence-electron chi connectivity index (χ2n) is 5.41. The standard InChI is InChI=1S/C14H33NO2Si/c1-7-9-11-15(12-10-8-2)18(16-5,17-6)13-14(3)4/h14H,7-13H2,1-6H3. The topological polar surface area (TPSA) is 21.7 Å². The smallest absolute Gasteiger partial charge is 0.386 e. The molecule has 0 radical (unpaired) electrons. The van der Waals surface area contributed by atoms with Gasteiger partial charge >= 0.3 is 8.72 Å². The Morgan fingerprint density at radius 1 is 0.944 bits per heavy atom. The van der Waals surface area contributed by atoms with E-state index in [1.807, 2.05) is 14.2 Å². The van der Waals surface area contributed by atoms with E-state index in [1.165, 1.54) is 25.7 Å². The molecule has 3 nitrogen and oxygen atoms in total. The Hall–Kier alpha value is 0.0969. The zero-order valence-electron chi connectivity index (χ0n) is 13.3. The third-order valence-electron chi connectivity index (χ3n) is 3.35. The largest absolute Gasteiger partial charge is 0.427 e. The summed E-state index contributed by atoms with van der Waals surface area (Å²) in [6.07, 6.45) is 4.90. The van der Waals surface area contributed by atoms with Gasteiger partial charge in [0.25, 0.3) is 0 Å². The van der Waals surface area contributed by atoms with Gasteiger partial charge in [-0.3, -0.25) is 4.57 Å². The normalized spacial score (nSPS) is 12.7. The summed E-state index contributed by atoms with van der Waals surface area (Å²) < 4.78 is 14.3. The Balaban J connectivity index is 4.80. The zero-order chi connectivity index (χ0) is 14.0. The predicted molar refractivity (Wildman–Crippen MR) is 80.8 cm³/mol. The zero-order valence-corrected chi connectivity index (χ0v) is 14.3. The number of hydrogen-bond donors (Lipinski definition) is 0. The lowest BCUT2D eigenvalue weighted by molar-refractivity contribution is 0.154. The Kier molecular flexibility index (Phi) is 10.0. The van der Waals surface area contributed by atoms with Crippen LogP contribution in [0.4, 0.5) is 0 Å². The van der Waals surface area contributed by atoms with Gasteiger partial charge in [0.2, 0.25) is 0 Å².